The second kappa shape index (κ2) is 5.45. The van der Waals surface area contributed by atoms with E-state index in [9.17, 15) is 0 Å². The van der Waals surface area contributed by atoms with E-state index in [-0.39, 0.29) is 0 Å². The highest BCUT2D eigenvalue weighted by Gasteiger charge is 1.96. The quantitative estimate of drug-likeness (QED) is 0.545. The SMILES string of the molecule is CC#CCNCc1cccn1CC. The van der Waals surface area contributed by atoms with Crippen molar-refractivity contribution in [1.29, 1.82) is 0 Å². The molecule has 0 aliphatic carbocycles. The summed E-state index contributed by atoms with van der Waals surface area (Å²) in [4.78, 5) is 0. The summed E-state index contributed by atoms with van der Waals surface area (Å²) in [7, 11) is 0. The largest absolute Gasteiger partial charge is 0.351 e. The normalized spacial score (nSPS) is 9.38. The van der Waals surface area contributed by atoms with Crippen molar-refractivity contribution in [3.63, 3.8) is 0 Å². The standard InChI is InChI=1S/C11H16N2/c1-3-5-8-12-10-11-7-6-9-13(11)4-2/h6-7,9,12H,4,8,10H2,1-2H3. The van der Waals surface area contributed by atoms with Crippen LogP contribution in [0.1, 0.15) is 19.5 Å². The molecule has 1 aromatic rings. The van der Waals surface area contributed by atoms with Crippen molar-refractivity contribution < 1.29 is 0 Å². The van der Waals surface area contributed by atoms with Crippen molar-refractivity contribution in [2.75, 3.05) is 6.54 Å². The minimum atomic E-state index is 0.769. The minimum absolute atomic E-state index is 0.769. The fraction of sp³-hybridized carbons (Fsp3) is 0.455. The van der Waals surface area contributed by atoms with Crippen LogP contribution in [0.15, 0.2) is 18.3 Å². The Morgan fingerprint density at radius 2 is 2.38 bits per heavy atom. The first-order valence-corrected chi connectivity index (χ1v) is 4.62. The van der Waals surface area contributed by atoms with Crippen LogP contribution in [-0.4, -0.2) is 11.1 Å². The summed E-state index contributed by atoms with van der Waals surface area (Å²) in [5.74, 6) is 5.83. The molecule has 1 rings (SSSR count). The molecule has 0 saturated carbocycles. The van der Waals surface area contributed by atoms with Crippen LogP contribution < -0.4 is 5.32 Å². The van der Waals surface area contributed by atoms with Gasteiger partial charge in [0.15, 0.2) is 0 Å². The van der Waals surface area contributed by atoms with E-state index in [1.807, 2.05) is 6.92 Å². The smallest absolute Gasteiger partial charge is 0.0579 e. The van der Waals surface area contributed by atoms with Crippen LogP contribution in [0, 0.1) is 11.8 Å². The van der Waals surface area contributed by atoms with E-state index in [0.29, 0.717) is 0 Å². The van der Waals surface area contributed by atoms with E-state index in [1.54, 1.807) is 0 Å². The van der Waals surface area contributed by atoms with E-state index in [2.05, 4.69) is 47.0 Å². The van der Waals surface area contributed by atoms with Gasteiger partial charge in [-0.05, 0) is 26.0 Å². The molecule has 0 amide bonds. The molecule has 0 radical (unpaired) electrons. The van der Waals surface area contributed by atoms with Crippen LogP contribution >= 0.6 is 0 Å². The highest BCUT2D eigenvalue weighted by atomic mass is 15.0. The van der Waals surface area contributed by atoms with Gasteiger partial charge < -0.3 is 9.88 Å². The lowest BCUT2D eigenvalue weighted by atomic mass is 10.4. The van der Waals surface area contributed by atoms with E-state index >= 15 is 0 Å². The first kappa shape index (κ1) is 9.88. The Morgan fingerprint density at radius 3 is 3.08 bits per heavy atom. The number of aromatic nitrogens is 1. The van der Waals surface area contributed by atoms with Crippen molar-refractivity contribution in [1.82, 2.24) is 9.88 Å². The first-order valence-electron chi connectivity index (χ1n) is 4.62. The molecule has 1 N–H and O–H groups in total. The molecule has 0 aromatic carbocycles. The third kappa shape index (κ3) is 2.96. The molecule has 70 valence electrons. The number of rotatable bonds is 4. The second-order valence-electron chi connectivity index (χ2n) is 2.82. The summed E-state index contributed by atoms with van der Waals surface area (Å²) in [6.07, 6.45) is 2.10. The van der Waals surface area contributed by atoms with Gasteiger partial charge in [-0.2, -0.15) is 0 Å². The van der Waals surface area contributed by atoms with Crippen LogP contribution in [0.25, 0.3) is 0 Å². The maximum atomic E-state index is 3.27. The van der Waals surface area contributed by atoms with Crippen molar-refractivity contribution in [2.24, 2.45) is 0 Å². The average Bonchev–Trinajstić information content (AvgIpc) is 2.60. The Kier molecular flexibility index (Phi) is 4.14. The van der Waals surface area contributed by atoms with Gasteiger partial charge in [0.05, 0.1) is 6.54 Å². The molecule has 0 bridgehead atoms. The third-order valence-corrected chi connectivity index (χ3v) is 1.96. The van der Waals surface area contributed by atoms with E-state index < -0.39 is 0 Å². The van der Waals surface area contributed by atoms with Gasteiger partial charge in [-0.25, -0.2) is 0 Å². The maximum absolute atomic E-state index is 3.27. The fourth-order valence-electron chi connectivity index (χ4n) is 1.26. The Hall–Kier alpha value is -1.20. The summed E-state index contributed by atoms with van der Waals surface area (Å²) >= 11 is 0. The molecule has 0 spiro atoms. The summed E-state index contributed by atoms with van der Waals surface area (Å²) in [5.41, 5.74) is 1.32. The second-order valence-corrected chi connectivity index (χ2v) is 2.82. The van der Waals surface area contributed by atoms with Crippen molar-refractivity contribution in [3.8, 4) is 11.8 Å². The van der Waals surface area contributed by atoms with Gasteiger partial charge in [0.1, 0.15) is 0 Å². The van der Waals surface area contributed by atoms with Crippen LogP contribution in [0.4, 0.5) is 0 Å². The van der Waals surface area contributed by atoms with Crippen molar-refractivity contribution in [3.05, 3.63) is 24.0 Å². The molecule has 2 heteroatoms. The topological polar surface area (TPSA) is 17.0 Å². The highest BCUT2D eigenvalue weighted by Crippen LogP contribution is 2.00. The molecule has 0 fully saturated rings. The molecule has 1 aromatic heterocycles. The van der Waals surface area contributed by atoms with Crippen molar-refractivity contribution in [2.45, 2.75) is 26.9 Å². The van der Waals surface area contributed by atoms with Gasteiger partial charge in [0.25, 0.3) is 0 Å². The summed E-state index contributed by atoms with van der Waals surface area (Å²) in [6, 6.07) is 4.21. The number of aryl methyl sites for hydroxylation is 1. The number of nitrogens with zero attached hydrogens (tertiary/aromatic N) is 1. The Morgan fingerprint density at radius 1 is 1.54 bits per heavy atom. The van der Waals surface area contributed by atoms with Gasteiger partial charge in [0.2, 0.25) is 0 Å². The molecule has 2 nitrogen and oxygen atoms in total. The Bertz CT molecular complexity index is 301. The van der Waals surface area contributed by atoms with E-state index in [0.717, 1.165) is 19.6 Å². The number of nitrogens with one attached hydrogen (secondary N) is 1. The average molecular weight is 176 g/mol. The highest BCUT2D eigenvalue weighted by molar-refractivity contribution is 5.07. The van der Waals surface area contributed by atoms with Gasteiger partial charge >= 0.3 is 0 Å². The number of hydrogen-bond donors (Lipinski definition) is 1. The monoisotopic (exact) mass is 176 g/mol. The molecule has 0 aliphatic heterocycles. The zero-order chi connectivity index (χ0) is 9.52. The molecule has 0 saturated heterocycles. The summed E-state index contributed by atoms with van der Waals surface area (Å²) in [5, 5.41) is 3.27. The molecule has 0 unspecified atom stereocenters. The lowest BCUT2D eigenvalue weighted by Crippen LogP contribution is -2.15. The summed E-state index contributed by atoms with van der Waals surface area (Å²) < 4.78 is 2.23. The predicted molar refractivity (Wildman–Crippen MR) is 55.3 cm³/mol. The van der Waals surface area contributed by atoms with Crippen LogP contribution in [0.3, 0.4) is 0 Å². The van der Waals surface area contributed by atoms with Crippen LogP contribution in [0.5, 0.6) is 0 Å². The van der Waals surface area contributed by atoms with Gasteiger partial charge in [-0.1, -0.05) is 5.92 Å². The lowest BCUT2D eigenvalue weighted by molar-refractivity contribution is 0.662. The van der Waals surface area contributed by atoms with E-state index in [4.69, 9.17) is 0 Å². The molecule has 13 heavy (non-hydrogen) atoms. The molecule has 0 aliphatic rings. The Balaban J connectivity index is 2.38. The Labute approximate surface area is 80.0 Å². The molecule has 1 heterocycles. The zero-order valence-corrected chi connectivity index (χ0v) is 8.30. The van der Waals surface area contributed by atoms with Gasteiger partial charge in [-0.15, -0.1) is 5.92 Å². The first-order chi connectivity index (χ1) is 6.38. The predicted octanol–water partition coefficient (Wildman–Crippen LogP) is 1.62. The minimum Gasteiger partial charge on any atom is -0.351 e. The summed E-state index contributed by atoms with van der Waals surface area (Å²) in [6.45, 7) is 6.70. The van der Waals surface area contributed by atoms with Crippen molar-refractivity contribution >= 4 is 0 Å². The van der Waals surface area contributed by atoms with Gasteiger partial charge in [-0.3, -0.25) is 0 Å². The zero-order valence-electron chi connectivity index (χ0n) is 8.30. The molecule has 0 atom stereocenters. The molecular formula is C11H16N2. The third-order valence-electron chi connectivity index (χ3n) is 1.96. The van der Waals surface area contributed by atoms with Crippen LogP contribution in [0.2, 0.25) is 0 Å². The van der Waals surface area contributed by atoms with Gasteiger partial charge in [0, 0.05) is 25.0 Å². The molecular weight excluding hydrogens is 160 g/mol. The van der Waals surface area contributed by atoms with E-state index in [1.165, 1.54) is 5.69 Å². The number of hydrogen-bond acceptors (Lipinski definition) is 1. The maximum Gasteiger partial charge on any atom is 0.0579 e. The fourth-order valence-corrected chi connectivity index (χ4v) is 1.26. The van der Waals surface area contributed by atoms with Crippen LogP contribution in [-0.2, 0) is 13.1 Å². The lowest BCUT2D eigenvalue weighted by Gasteiger charge is -2.05.